The fraction of sp³-hybridized carbons (Fsp3) is 0.611. The van der Waals surface area contributed by atoms with Gasteiger partial charge < -0.3 is 36.4 Å². The van der Waals surface area contributed by atoms with Crippen LogP contribution in [0, 0.1) is 0 Å². The number of aromatic hydroxyl groups is 2. The second-order valence-corrected chi connectivity index (χ2v) is 12.9. The zero-order valence-electron chi connectivity index (χ0n) is 27.0. The van der Waals surface area contributed by atoms with Crippen LogP contribution in [-0.4, -0.2) is 54.0 Å². The van der Waals surface area contributed by atoms with Crippen molar-refractivity contribution >= 4 is 11.6 Å². The first-order chi connectivity index (χ1) is 20.2. The first kappa shape index (κ1) is 36.8. The molecule has 7 heteroatoms. The third-order valence-corrected chi connectivity index (χ3v) is 8.68. The van der Waals surface area contributed by atoms with E-state index in [0.717, 1.165) is 23.0 Å². The summed E-state index contributed by atoms with van der Waals surface area (Å²) in [5.74, 6) is -1.19. The van der Waals surface area contributed by atoms with Gasteiger partial charge in [-0.15, -0.1) is 0 Å². The Labute approximate surface area is 270 Å². The molecule has 0 saturated heterocycles. The van der Waals surface area contributed by atoms with Crippen LogP contribution in [0.15, 0.2) is 24.3 Å². The van der Waals surface area contributed by atoms with Crippen LogP contribution in [0.3, 0.4) is 0 Å². The average Bonchev–Trinajstić information content (AvgIpc) is 2.94. The molecule has 1 aliphatic rings. The maximum absolute atomic E-state index is 13.3. The lowest BCUT2D eigenvalue weighted by molar-refractivity contribution is -0.903. The molecule has 0 fully saturated rings. The van der Waals surface area contributed by atoms with E-state index in [2.05, 4.69) is 21.0 Å². The fourth-order valence-electron chi connectivity index (χ4n) is 6.26. The van der Waals surface area contributed by atoms with Gasteiger partial charge >= 0.3 is 0 Å². The Morgan fingerprint density at radius 1 is 0.628 bits per heavy atom. The van der Waals surface area contributed by atoms with Crippen LogP contribution in [0.2, 0.25) is 0 Å². The second-order valence-electron chi connectivity index (χ2n) is 12.9. The van der Waals surface area contributed by atoms with Gasteiger partial charge in [0.1, 0.15) is 23.8 Å². The molecule has 0 spiro atoms. The summed E-state index contributed by atoms with van der Waals surface area (Å²) < 4.78 is 5.90. The molecule has 0 amide bonds. The highest BCUT2D eigenvalue weighted by Crippen LogP contribution is 2.39. The Bertz CT molecular complexity index is 1190. The molecular weight excluding hydrogens is 606 g/mol. The Hall–Kier alpha value is -2.38. The number of ether oxygens (including phenoxy) is 1. The van der Waals surface area contributed by atoms with Crippen molar-refractivity contribution in [2.75, 3.05) is 27.7 Å². The Kier molecular flexibility index (Phi) is 15.8. The van der Waals surface area contributed by atoms with E-state index in [9.17, 15) is 19.8 Å². The zero-order valence-corrected chi connectivity index (χ0v) is 28.6. The summed E-state index contributed by atoms with van der Waals surface area (Å²) >= 11 is 0. The highest BCUT2D eigenvalue weighted by molar-refractivity contribution is 6.30. The van der Waals surface area contributed by atoms with Crippen LogP contribution in [0.4, 0.5) is 0 Å². The normalized spacial score (nSPS) is 12.6. The molecule has 2 N–H and O–H groups in total. The average molecular weight is 661 g/mol. The smallest absolute Gasteiger partial charge is 0.201 e. The molecule has 0 bridgehead atoms. The minimum atomic E-state index is -0.550. The number of phenolic OH excluding ortho intramolecular Hbond substituents is 2. The van der Waals surface area contributed by atoms with Crippen molar-refractivity contribution in [3.05, 3.63) is 52.1 Å². The molecule has 0 aliphatic heterocycles. The van der Waals surface area contributed by atoms with Crippen molar-refractivity contribution in [3.8, 4) is 17.2 Å². The number of quaternary nitrogens is 1. The number of fused-ring (bicyclic) bond motifs is 2. The number of carbonyl (C=O) groups excluding carboxylic acids is 2. The molecule has 2 aromatic rings. The number of ketones is 2. The third-order valence-electron chi connectivity index (χ3n) is 8.68. The van der Waals surface area contributed by atoms with Gasteiger partial charge in [0.15, 0.2) is 5.78 Å². The summed E-state index contributed by atoms with van der Waals surface area (Å²) in [4.78, 5) is 26.5. The van der Waals surface area contributed by atoms with E-state index in [1.54, 1.807) is 12.1 Å². The number of benzene rings is 2. The molecule has 2 aromatic carbocycles. The number of unbranched alkanes of at least 4 members (excludes halogenated alkanes) is 15. The quantitative estimate of drug-likeness (QED) is 0.120. The summed E-state index contributed by atoms with van der Waals surface area (Å²) in [5.41, 5.74) is 0.959. The first-order valence-corrected chi connectivity index (χ1v) is 16.4. The molecule has 3 rings (SSSR count). The van der Waals surface area contributed by atoms with Crippen molar-refractivity contribution < 1.29 is 46.0 Å². The predicted molar refractivity (Wildman–Crippen MR) is 170 cm³/mol. The van der Waals surface area contributed by atoms with Crippen molar-refractivity contribution in [3.63, 3.8) is 0 Å². The van der Waals surface area contributed by atoms with Gasteiger partial charge in [-0.05, 0) is 31.0 Å². The lowest BCUT2D eigenvalue weighted by atomic mass is 9.82. The number of hydrogen-bond donors (Lipinski definition) is 2. The number of phenols is 2. The van der Waals surface area contributed by atoms with Gasteiger partial charge in [-0.3, -0.25) is 9.59 Å². The third kappa shape index (κ3) is 10.9. The van der Waals surface area contributed by atoms with Crippen molar-refractivity contribution in [1.29, 1.82) is 0 Å². The molecule has 0 atom stereocenters. The minimum Gasteiger partial charge on any atom is -1.00 e. The number of nitrogens with zero attached hydrogens (tertiary/aromatic N) is 1. The van der Waals surface area contributed by atoms with E-state index in [-0.39, 0.29) is 50.7 Å². The number of methoxy groups -OCH3 is 1. The van der Waals surface area contributed by atoms with Gasteiger partial charge in [0.25, 0.3) is 0 Å². The second kappa shape index (κ2) is 18.4. The van der Waals surface area contributed by atoms with Gasteiger partial charge in [-0.1, -0.05) is 96.8 Å². The van der Waals surface area contributed by atoms with Crippen LogP contribution in [0.25, 0.3) is 0 Å². The molecule has 43 heavy (non-hydrogen) atoms. The van der Waals surface area contributed by atoms with E-state index in [1.165, 1.54) is 116 Å². The molecular formula is C36H54BrNO5. The lowest BCUT2D eigenvalue weighted by Gasteiger charge is -2.30. The summed E-state index contributed by atoms with van der Waals surface area (Å²) in [7, 11) is 5.76. The van der Waals surface area contributed by atoms with Crippen molar-refractivity contribution in [2.24, 2.45) is 0 Å². The fourth-order valence-corrected chi connectivity index (χ4v) is 6.26. The molecule has 6 nitrogen and oxygen atoms in total. The first-order valence-electron chi connectivity index (χ1n) is 16.4. The lowest BCUT2D eigenvalue weighted by Crippen LogP contribution is -3.00. The van der Waals surface area contributed by atoms with Crippen LogP contribution in [0.1, 0.15) is 147 Å². The van der Waals surface area contributed by atoms with Crippen molar-refractivity contribution in [2.45, 2.75) is 116 Å². The van der Waals surface area contributed by atoms with Gasteiger partial charge in [0, 0.05) is 22.8 Å². The number of carbonyl (C=O) groups is 2. The van der Waals surface area contributed by atoms with Crippen LogP contribution < -0.4 is 21.7 Å². The van der Waals surface area contributed by atoms with Crippen molar-refractivity contribution in [1.82, 2.24) is 0 Å². The number of halogens is 1. The number of rotatable bonds is 20. The Morgan fingerprint density at radius 3 is 1.56 bits per heavy atom. The minimum absolute atomic E-state index is 0. The van der Waals surface area contributed by atoms with E-state index >= 15 is 0 Å². The van der Waals surface area contributed by atoms with E-state index in [4.69, 9.17) is 4.74 Å². The summed E-state index contributed by atoms with van der Waals surface area (Å²) in [5, 5.41) is 21.2. The van der Waals surface area contributed by atoms with Gasteiger partial charge in [0.05, 0.1) is 38.9 Å². The van der Waals surface area contributed by atoms with Gasteiger partial charge in [-0.2, -0.15) is 0 Å². The van der Waals surface area contributed by atoms with Gasteiger partial charge in [0.2, 0.25) is 5.78 Å². The summed E-state index contributed by atoms with van der Waals surface area (Å²) in [6.45, 7) is 3.91. The molecule has 240 valence electrons. The summed E-state index contributed by atoms with van der Waals surface area (Å²) in [6.07, 6.45) is 21.6. The van der Waals surface area contributed by atoms with Crippen LogP contribution in [0.5, 0.6) is 17.2 Å². The maximum Gasteiger partial charge on any atom is 0.201 e. The largest absolute Gasteiger partial charge is 1.00 e. The molecule has 0 aromatic heterocycles. The number of hydrogen-bond acceptors (Lipinski definition) is 5. The zero-order chi connectivity index (χ0) is 30.5. The van der Waals surface area contributed by atoms with E-state index < -0.39 is 11.6 Å². The highest BCUT2D eigenvalue weighted by Gasteiger charge is 2.35. The Balaban J connectivity index is 0.00000645. The topological polar surface area (TPSA) is 83.8 Å². The standard InChI is InChI=1S/C36H53NO5.BrH/c1-5-6-7-8-9-10-11-12-13-14-15-16-17-18-19-20-21-37(2,3)26-27-22-29-33(31(38)23-27)36(41)34-30(35(29)40)24-28(42-4)25-32(34)39;/h22-25H,5-21,26H2,1-4H3,(H-,38,39,41);1H. The Morgan fingerprint density at radius 2 is 1.07 bits per heavy atom. The summed E-state index contributed by atoms with van der Waals surface area (Å²) in [6, 6.07) is 6.09. The van der Waals surface area contributed by atoms with Crippen LogP contribution >= 0.6 is 0 Å². The molecule has 0 heterocycles. The molecule has 0 unspecified atom stereocenters. The SMILES string of the molecule is CCCCCCCCCCCCCCCCCC[N+](C)(C)Cc1cc(O)c2c(c1)C(=O)c1cc(OC)cc(O)c1C2=O.[Br-]. The highest BCUT2D eigenvalue weighted by atomic mass is 79.9. The predicted octanol–water partition coefficient (Wildman–Crippen LogP) is 5.72. The van der Waals surface area contributed by atoms with E-state index in [1.807, 2.05) is 0 Å². The van der Waals surface area contributed by atoms with Crippen LogP contribution in [-0.2, 0) is 6.54 Å². The maximum atomic E-state index is 13.3. The molecule has 0 saturated carbocycles. The monoisotopic (exact) mass is 659 g/mol. The van der Waals surface area contributed by atoms with Gasteiger partial charge in [-0.25, -0.2) is 0 Å². The molecule has 1 aliphatic carbocycles. The molecule has 0 radical (unpaired) electrons. The van der Waals surface area contributed by atoms with E-state index in [0.29, 0.717) is 12.3 Å².